The second kappa shape index (κ2) is 6.48. The van der Waals surface area contributed by atoms with Gasteiger partial charge in [0.25, 0.3) is 0 Å². The minimum atomic E-state index is -4.39. The van der Waals surface area contributed by atoms with Gasteiger partial charge < -0.3 is 4.90 Å². The standard InChI is InChI=1S/C16H15F3N6OS/c1-9-21-14(24-5-4-10-6-20-23-12(10)8-24)22-15(26)25(9)7-11-2-3-13(27-11)16(17,18)19/h2-3,6H,4-5,7-8H2,1H3,(H,20,23). The number of nitrogens with zero attached hydrogens (tertiary/aromatic N) is 5. The predicted molar refractivity (Wildman–Crippen MR) is 92.8 cm³/mol. The highest BCUT2D eigenvalue weighted by atomic mass is 32.1. The first kappa shape index (κ1) is 17.7. The van der Waals surface area contributed by atoms with Crippen LogP contribution in [0.2, 0.25) is 0 Å². The van der Waals surface area contributed by atoms with Crippen molar-refractivity contribution in [1.29, 1.82) is 0 Å². The van der Waals surface area contributed by atoms with Gasteiger partial charge >= 0.3 is 11.9 Å². The smallest absolute Gasteiger partial charge is 0.334 e. The Morgan fingerprint density at radius 2 is 2.11 bits per heavy atom. The number of aromatic nitrogens is 5. The van der Waals surface area contributed by atoms with Crippen molar-refractivity contribution in [1.82, 2.24) is 24.7 Å². The lowest BCUT2D eigenvalue weighted by Gasteiger charge is -2.26. The highest BCUT2D eigenvalue weighted by molar-refractivity contribution is 7.12. The van der Waals surface area contributed by atoms with Crippen molar-refractivity contribution in [3.8, 4) is 0 Å². The second-order valence-electron chi connectivity index (χ2n) is 6.25. The Kier molecular flexibility index (Phi) is 4.25. The molecule has 0 unspecified atom stereocenters. The van der Waals surface area contributed by atoms with E-state index in [9.17, 15) is 18.0 Å². The summed E-state index contributed by atoms with van der Waals surface area (Å²) in [4.78, 5) is 22.5. The number of aryl methyl sites for hydroxylation is 1. The molecule has 0 aromatic carbocycles. The zero-order valence-corrected chi connectivity index (χ0v) is 15.1. The zero-order chi connectivity index (χ0) is 19.2. The molecule has 0 aliphatic carbocycles. The Labute approximate surface area is 155 Å². The molecule has 0 fully saturated rings. The molecule has 0 amide bonds. The van der Waals surface area contributed by atoms with E-state index in [1.54, 1.807) is 13.1 Å². The first-order chi connectivity index (χ1) is 12.8. The Hall–Kier alpha value is -2.69. The van der Waals surface area contributed by atoms with Crippen LogP contribution < -0.4 is 10.6 Å². The quantitative estimate of drug-likeness (QED) is 0.735. The van der Waals surface area contributed by atoms with Gasteiger partial charge in [0.15, 0.2) is 0 Å². The summed E-state index contributed by atoms with van der Waals surface area (Å²) in [5, 5.41) is 6.93. The molecule has 0 atom stereocenters. The average molecular weight is 396 g/mol. The minimum absolute atomic E-state index is 0.0103. The molecule has 7 nitrogen and oxygen atoms in total. The molecule has 3 aromatic heterocycles. The van der Waals surface area contributed by atoms with Gasteiger partial charge in [0.05, 0.1) is 25.0 Å². The largest absolute Gasteiger partial charge is 0.425 e. The van der Waals surface area contributed by atoms with E-state index in [2.05, 4.69) is 20.2 Å². The topological polar surface area (TPSA) is 79.7 Å². The Bertz CT molecular complexity index is 1040. The molecule has 0 saturated carbocycles. The van der Waals surface area contributed by atoms with Crippen LogP contribution in [-0.2, 0) is 25.7 Å². The van der Waals surface area contributed by atoms with Crippen LogP contribution in [0.1, 0.15) is 26.8 Å². The van der Waals surface area contributed by atoms with Gasteiger partial charge in [0, 0.05) is 11.4 Å². The van der Waals surface area contributed by atoms with Crippen LogP contribution >= 0.6 is 11.3 Å². The van der Waals surface area contributed by atoms with Crippen molar-refractivity contribution < 1.29 is 13.2 Å². The molecule has 4 rings (SSSR count). The maximum atomic E-state index is 12.7. The fourth-order valence-electron chi connectivity index (χ4n) is 3.00. The highest BCUT2D eigenvalue weighted by Gasteiger charge is 2.32. The maximum Gasteiger partial charge on any atom is 0.425 e. The number of alkyl halides is 3. The van der Waals surface area contributed by atoms with Gasteiger partial charge in [-0.05, 0) is 31.0 Å². The number of aromatic amines is 1. The fourth-order valence-corrected chi connectivity index (χ4v) is 3.86. The molecule has 1 aliphatic rings. The molecule has 1 N–H and O–H groups in total. The fraction of sp³-hybridized carbons (Fsp3) is 0.375. The minimum Gasteiger partial charge on any atom is -0.334 e. The summed E-state index contributed by atoms with van der Waals surface area (Å²) in [7, 11) is 0. The lowest BCUT2D eigenvalue weighted by Crippen LogP contribution is -2.36. The summed E-state index contributed by atoms with van der Waals surface area (Å²) < 4.78 is 39.5. The van der Waals surface area contributed by atoms with Crippen molar-refractivity contribution in [3.63, 3.8) is 0 Å². The van der Waals surface area contributed by atoms with Crippen molar-refractivity contribution in [2.45, 2.75) is 32.6 Å². The van der Waals surface area contributed by atoms with E-state index in [4.69, 9.17) is 0 Å². The lowest BCUT2D eigenvalue weighted by molar-refractivity contribution is -0.134. The third-order valence-corrected chi connectivity index (χ3v) is 5.54. The maximum absolute atomic E-state index is 12.7. The van der Waals surface area contributed by atoms with E-state index >= 15 is 0 Å². The van der Waals surface area contributed by atoms with Gasteiger partial charge in [0.2, 0.25) is 5.95 Å². The Balaban J connectivity index is 1.58. The second-order valence-corrected chi connectivity index (χ2v) is 7.42. The summed E-state index contributed by atoms with van der Waals surface area (Å²) in [5.74, 6) is 0.721. The molecular weight excluding hydrogens is 381 g/mol. The third kappa shape index (κ3) is 3.46. The Morgan fingerprint density at radius 3 is 2.81 bits per heavy atom. The van der Waals surface area contributed by atoms with Crippen LogP contribution in [0.25, 0.3) is 0 Å². The number of rotatable bonds is 3. The van der Waals surface area contributed by atoms with Crippen molar-refractivity contribution in [2.75, 3.05) is 11.4 Å². The summed E-state index contributed by atoms with van der Waals surface area (Å²) in [6.45, 7) is 2.85. The van der Waals surface area contributed by atoms with E-state index < -0.39 is 16.7 Å². The number of H-pyrrole nitrogens is 1. The normalized spacial score (nSPS) is 14.4. The molecule has 27 heavy (non-hydrogen) atoms. The monoisotopic (exact) mass is 396 g/mol. The first-order valence-electron chi connectivity index (χ1n) is 8.19. The zero-order valence-electron chi connectivity index (χ0n) is 14.2. The molecule has 0 saturated heterocycles. The van der Waals surface area contributed by atoms with E-state index in [-0.39, 0.29) is 6.54 Å². The van der Waals surface area contributed by atoms with Crippen molar-refractivity contribution >= 4 is 17.3 Å². The number of halogens is 3. The summed E-state index contributed by atoms with van der Waals surface area (Å²) in [5.41, 5.74) is 1.56. The SMILES string of the molecule is Cc1nc(N2CCc3cn[nH]c3C2)nc(=O)n1Cc1ccc(C(F)(F)F)s1. The first-order valence-corrected chi connectivity index (χ1v) is 9.00. The van der Waals surface area contributed by atoms with Gasteiger partial charge in [0.1, 0.15) is 10.7 Å². The van der Waals surface area contributed by atoms with Crippen molar-refractivity contribution in [3.05, 3.63) is 55.6 Å². The van der Waals surface area contributed by atoms with Crippen LogP contribution in [0, 0.1) is 6.92 Å². The summed E-state index contributed by atoms with van der Waals surface area (Å²) in [6.07, 6.45) is -1.83. The van der Waals surface area contributed by atoms with Gasteiger partial charge in [-0.3, -0.25) is 9.67 Å². The molecule has 0 bridgehead atoms. The van der Waals surface area contributed by atoms with E-state index in [0.717, 1.165) is 23.7 Å². The van der Waals surface area contributed by atoms with Gasteiger partial charge in [-0.1, -0.05) is 0 Å². The third-order valence-electron chi connectivity index (χ3n) is 4.42. The number of fused-ring (bicyclic) bond motifs is 1. The number of anilines is 1. The molecular formula is C16H15F3N6OS. The number of nitrogens with one attached hydrogen (secondary N) is 1. The number of hydrogen-bond donors (Lipinski definition) is 1. The van der Waals surface area contributed by atoms with Gasteiger partial charge in [-0.25, -0.2) is 4.79 Å². The van der Waals surface area contributed by atoms with Crippen LogP contribution in [0.15, 0.2) is 23.1 Å². The molecule has 0 spiro atoms. The lowest BCUT2D eigenvalue weighted by atomic mass is 10.1. The van der Waals surface area contributed by atoms with Gasteiger partial charge in [-0.2, -0.15) is 28.2 Å². The van der Waals surface area contributed by atoms with Crippen LogP contribution in [0.5, 0.6) is 0 Å². The van der Waals surface area contributed by atoms with Crippen LogP contribution in [-0.4, -0.2) is 31.3 Å². The molecule has 3 aromatic rings. The van der Waals surface area contributed by atoms with Crippen LogP contribution in [0.4, 0.5) is 19.1 Å². The molecule has 0 radical (unpaired) electrons. The summed E-state index contributed by atoms with van der Waals surface area (Å²) >= 11 is 0.616. The number of hydrogen-bond acceptors (Lipinski definition) is 6. The Morgan fingerprint density at radius 1 is 1.30 bits per heavy atom. The van der Waals surface area contributed by atoms with Crippen molar-refractivity contribution in [2.24, 2.45) is 0 Å². The number of thiophene rings is 1. The summed E-state index contributed by atoms with van der Waals surface area (Å²) in [6, 6.07) is 2.39. The molecule has 1 aliphatic heterocycles. The molecule has 11 heteroatoms. The highest BCUT2D eigenvalue weighted by Crippen LogP contribution is 2.34. The molecule has 142 valence electrons. The molecule has 4 heterocycles. The van der Waals surface area contributed by atoms with E-state index in [1.807, 2.05) is 4.90 Å². The van der Waals surface area contributed by atoms with Crippen LogP contribution in [0.3, 0.4) is 0 Å². The predicted octanol–water partition coefficient (Wildman–Crippen LogP) is 2.36. The van der Waals surface area contributed by atoms with E-state index in [0.29, 0.717) is 41.1 Å². The van der Waals surface area contributed by atoms with Gasteiger partial charge in [-0.15, -0.1) is 11.3 Å². The average Bonchev–Trinajstić information content (AvgIpc) is 3.26. The van der Waals surface area contributed by atoms with E-state index in [1.165, 1.54) is 10.6 Å².